The lowest BCUT2D eigenvalue weighted by Crippen LogP contribution is -2.37. The number of nitrogens with one attached hydrogen (secondary N) is 1. The number of amides is 1. The van der Waals surface area contributed by atoms with Gasteiger partial charge in [0.15, 0.2) is 0 Å². The van der Waals surface area contributed by atoms with Gasteiger partial charge in [-0.3, -0.25) is 19.9 Å². The number of nitrogens with zero attached hydrogens (tertiary/aromatic N) is 2. The van der Waals surface area contributed by atoms with Crippen molar-refractivity contribution in [2.24, 2.45) is 5.92 Å². The third-order valence-corrected chi connectivity index (χ3v) is 4.22. The molecule has 0 unspecified atom stereocenters. The van der Waals surface area contributed by atoms with E-state index < -0.39 is 5.91 Å². The Hall–Kier alpha value is -1.46. The molecular formula is C14H19N3O2. The number of fused-ring (bicyclic) bond motifs is 1. The number of carbonyl (C=O) groups is 1. The molecule has 0 spiro atoms. The molecule has 0 atom stereocenters. The van der Waals surface area contributed by atoms with Crippen LogP contribution < -0.4 is 5.48 Å². The lowest BCUT2D eigenvalue weighted by atomic mass is 9.84. The summed E-state index contributed by atoms with van der Waals surface area (Å²) in [6, 6.07) is 1.85. The summed E-state index contributed by atoms with van der Waals surface area (Å²) in [5.41, 5.74) is 4.28. The molecule has 1 fully saturated rings. The molecule has 0 bridgehead atoms. The largest absolute Gasteiger partial charge is 0.298 e. The van der Waals surface area contributed by atoms with Crippen molar-refractivity contribution in [1.82, 2.24) is 15.4 Å². The molecule has 0 saturated heterocycles. The normalized spacial score (nSPS) is 19.6. The zero-order valence-electron chi connectivity index (χ0n) is 10.9. The highest BCUT2D eigenvalue weighted by Gasteiger charge is 2.24. The average molecular weight is 261 g/mol. The molecule has 102 valence electrons. The summed E-state index contributed by atoms with van der Waals surface area (Å²) in [6.45, 7) is 3.09. The molecule has 1 saturated carbocycles. The first-order valence-electron chi connectivity index (χ1n) is 6.91. The first-order chi connectivity index (χ1) is 9.26. The fourth-order valence-corrected chi connectivity index (χ4v) is 2.87. The van der Waals surface area contributed by atoms with Crippen molar-refractivity contribution in [2.45, 2.75) is 32.2 Å². The van der Waals surface area contributed by atoms with Gasteiger partial charge < -0.3 is 0 Å². The molecule has 0 radical (unpaired) electrons. The van der Waals surface area contributed by atoms with Crippen LogP contribution in [0.3, 0.4) is 0 Å². The highest BCUT2D eigenvalue weighted by atomic mass is 16.5. The summed E-state index contributed by atoms with van der Waals surface area (Å²) in [4.78, 5) is 18.2. The molecule has 19 heavy (non-hydrogen) atoms. The summed E-state index contributed by atoms with van der Waals surface area (Å²) >= 11 is 0. The van der Waals surface area contributed by atoms with Crippen LogP contribution in [0, 0.1) is 5.92 Å². The second-order valence-electron chi connectivity index (χ2n) is 5.55. The third kappa shape index (κ3) is 2.62. The van der Waals surface area contributed by atoms with Crippen LogP contribution in [0.2, 0.25) is 0 Å². The van der Waals surface area contributed by atoms with Crippen molar-refractivity contribution in [3.05, 3.63) is 29.1 Å². The summed E-state index contributed by atoms with van der Waals surface area (Å²) in [5, 5.41) is 8.67. The van der Waals surface area contributed by atoms with Crippen molar-refractivity contribution in [3.63, 3.8) is 0 Å². The molecule has 0 aromatic carbocycles. The fraction of sp³-hybridized carbons (Fsp3) is 0.571. The van der Waals surface area contributed by atoms with Crippen molar-refractivity contribution in [1.29, 1.82) is 0 Å². The van der Waals surface area contributed by atoms with Gasteiger partial charge in [0.05, 0.1) is 5.56 Å². The van der Waals surface area contributed by atoms with E-state index in [4.69, 9.17) is 5.21 Å². The van der Waals surface area contributed by atoms with Gasteiger partial charge in [-0.15, -0.1) is 0 Å². The minimum Gasteiger partial charge on any atom is -0.298 e. The van der Waals surface area contributed by atoms with E-state index in [0.717, 1.165) is 43.2 Å². The van der Waals surface area contributed by atoms with Crippen molar-refractivity contribution in [2.75, 3.05) is 13.1 Å². The van der Waals surface area contributed by atoms with E-state index in [0.29, 0.717) is 5.56 Å². The Balaban J connectivity index is 1.72. The van der Waals surface area contributed by atoms with Gasteiger partial charge in [0, 0.05) is 37.9 Å². The molecule has 1 aromatic heterocycles. The zero-order chi connectivity index (χ0) is 13.2. The number of rotatable bonds is 3. The second-order valence-corrected chi connectivity index (χ2v) is 5.55. The number of hydrogen-bond donors (Lipinski definition) is 2. The van der Waals surface area contributed by atoms with Crippen molar-refractivity contribution >= 4 is 5.91 Å². The van der Waals surface area contributed by atoms with E-state index in [-0.39, 0.29) is 0 Å². The average Bonchev–Trinajstić information content (AvgIpc) is 2.41. The second kappa shape index (κ2) is 5.27. The Morgan fingerprint density at radius 3 is 3.05 bits per heavy atom. The van der Waals surface area contributed by atoms with Crippen LogP contribution in [-0.2, 0) is 13.0 Å². The SMILES string of the molecule is O=C(NO)c1cnc2c(c1)CN(CC1CCC1)CC2. The minimum absolute atomic E-state index is 0.423. The van der Waals surface area contributed by atoms with Crippen LogP contribution in [0.5, 0.6) is 0 Å². The summed E-state index contributed by atoms with van der Waals surface area (Å²) in [6.07, 6.45) is 6.57. The first-order valence-corrected chi connectivity index (χ1v) is 6.91. The van der Waals surface area contributed by atoms with Crippen LogP contribution in [-0.4, -0.2) is 34.1 Å². The first kappa shape index (κ1) is 12.6. The van der Waals surface area contributed by atoms with Crippen LogP contribution in [0.1, 0.15) is 40.9 Å². The standard InChI is InChI=1S/C14H19N3O2/c18-14(16-19)11-6-12-9-17(8-10-2-1-3-10)5-4-13(12)15-7-11/h6-7,10,19H,1-5,8-9H2,(H,16,18). The van der Waals surface area contributed by atoms with E-state index >= 15 is 0 Å². The Bertz CT molecular complexity index is 486. The van der Waals surface area contributed by atoms with E-state index in [1.807, 2.05) is 6.07 Å². The molecule has 1 aromatic rings. The Labute approximate surface area is 112 Å². The van der Waals surface area contributed by atoms with E-state index in [2.05, 4.69) is 9.88 Å². The summed E-state index contributed by atoms with van der Waals surface area (Å²) in [5.74, 6) is 0.366. The maximum Gasteiger partial charge on any atom is 0.276 e. The van der Waals surface area contributed by atoms with E-state index in [9.17, 15) is 4.79 Å². The summed E-state index contributed by atoms with van der Waals surface area (Å²) in [7, 11) is 0. The minimum atomic E-state index is -0.494. The van der Waals surface area contributed by atoms with Gasteiger partial charge in [-0.2, -0.15) is 0 Å². The predicted molar refractivity (Wildman–Crippen MR) is 69.8 cm³/mol. The van der Waals surface area contributed by atoms with Crippen molar-refractivity contribution < 1.29 is 10.0 Å². The van der Waals surface area contributed by atoms with Crippen LogP contribution >= 0.6 is 0 Å². The molecule has 5 nitrogen and oxygen atoms in total. The molecule has 2 N–H and O–H groups in total. The fourth-order valence-electron chi connectivity index (χ4n) is 2.87. The Morgan fingerprint density at radius 2 is 2.37 bits per heavy atom. The van der Waals surface area contributed by atoms with Crippen LogP contribution in [0.4, 0.5) is 0 Å². The van der Waals surface area contributed by atoms with Gasteiger partial charge in [-0.05, 0) is 30.4 Å². The number of carbonyl (C=O) groups excluding carboxylic acids is 1. The maximum atomic E-state index is 11.4. The lowest BCUT2D eigenvalue weighted by molar-refractivity contribution is 0.0705. The van der Waals surface area contributed by atoms with Crippen LogP contribution in [0.15, 0.2) is 12.3 Å². The quantitative estimate of drug-likeness (QED) is 0.637. The monoisotopic (exact) mass is 261 g/mol. The highest BCUT2D eigenvalue weighted by molar-refractivity contribution is 5.93. The molecule has 2 aliphatic rings. The zero-order valence-corrected chi connectivity index (χ0v) is 10.9. The maximum absolute atomic E-state index is 11.4. The van der Waals surface area contributed by atoms with E-state index in [1.165, 1.54) is 25.5 Å². The molecule has 1 amide bonds. The van der Waals surface area contributed by atoms with Gasteiger partial charge >= 0.3 is 0 Å². The molecule has 1 aliphatic carbocycles. The molecule has 2 heterocycles. The predicted octanol–water partition coefficient (Wildman–Crippen LogP) is 1.36. The molecule has 5 heteroatoms. The topological polar surface area (TPSA) is 65.5 Å². The van der Waals surface area contributed by atoms with E-state index in [1.54, 1.807) is 5.48 Å². The van der Waals surface area contributed by atoms with Gasteiger partial charge in [-0.1, -0.05) is 6.42 Å². The summed E-state index contributed by atoms with van der Waals surface area (Å²) < 4.78 is 0. The lowest BCUT2D eigenvalue weighted by Gasteiger charge is -2.35. The number of hydrogen-bond acceptors (Lipinski definition) is 4. The third-order valence-electron chi connectivity index (χ3n) is 4.22. The van der Waals surface area contributed by atoms with Gasteiger partial charge in [-0.25, -0.2) is 5.48 Å². The number of hydroxylamine groups is 1. The molecule has 1 aliphatic heterocycles. The van der Waals surface area contributed by atoms with Gasteiger partial charge in [0.25, 0.3) is 5.91 Å². The van der Waals surface area contributed by atoms with Crippen LogP contribution in [0.25, 0.3) is 0 Å². The van der Waals surface area contributed by atoms with Gasteiger partial charge in [0.1, 0.15) is 0 Å². The molecular weight excluding hydrogens is 242 g/mol. The smallest absolute Gasteiger partial charge is 0.276 e. The van der Waals surface area contributed by atoms with Gasteiger partial charge in [0.2, 0.25) is 0 Å². The number of aromatic nitrogens is 1. The number of pyridine rings is 1. The highest BCUT2D eigenvalue weighted by Crippen LogP contribution is 2.29. The molecule has 3 rings (SSSR count). The Morgan fingerprint density at radius 1 is 1.53 bits per heavy atom. The van der Waals surface area contributed by atoms with Crippen molar-refractivity contribution in [3.8, 4) is 0 Å². The Kier molecular flexibility index (Phi) is 3.48.